The minimum absolute atomic E-state index is 0.333. The highest BCUT2D eigenvalue weighted by Crippen LogP contribution is 2.34. The molecule has 1 aromatic rings. The predicted octanol–water partition coefficient (Wildman–Crippen LogP) is 0.127. The second-order valence-corrected chi connectivity index (χ2v) is 4.03. The van der Waals surface area contributed by atoms with Gasteiger partial charge in [0.05, 0.1) is 0 Å². The van der Waals surface area contributed by atoms with Gasteiger partial charge in [-0.3, -0.25) is 0 Å². The molecule has 0 heterocycles. The zero-order chi connectivity index (χ0) is 11.7. The first-order valence-corrected chi connectivity index (χ1v) is 4.81. The Bertz CT molecular complexity index is 318. The van der Waals surface area contributed by atoms with Gasteiger partial charge in [0.15, 0.2) is 0 Å². The van der Waals surface area contributed by atoms with E-state index in [1.165, 1.54) is 0 Å². The zero-order valence-electron chi connectivity index (χ0n) is 8.88. The van der Waals surface area contributed by atoms with E-state index in [0.717, 1.165) is 0 Å². The summed E-state index contributed by atoms with van der Waals surface area (Å²) in [6.07, 6.45) is 0. The zero-order valence-corrected chi connectivity index (χ0v) is 8.88. The van der Waals surface area contributed by atoms with E-state index in [4.69, 9.17) is 5.73 Å². The summed E-state index contributed by atoms with van der Waals surface area (Å²) in [4.78, 5) is 0. The van der Waals surface area contributed by atoms with Crippen molar-refractivity contribution in [2.45, 2.75) is 25.4 Å². The van der Waals surface area contributed by atoms with E-state index >= 15 is 0 Å². The molecule has 1 atom stereocenters. The molecule has 0 fully saturated rings. The van der Waals surface area contributed by atoms with E-state index in [1.54, 1.807) is 44.2 Å². The van der Waals surface area contributed by atoms with E-state index in [1.807, 2.05) is 0 Å². The molecule has 5 N–H and O–H groups in total. The average molecular weight is 211 g/mol. The molecule has 0 saturated heterocycles. The molecule has 0 aliphatic rings. The van der Waals surface area contributed by atoms with Gasteiger partial charge in [0, 0.05) is 0 Å². The molecule has 0 aliphatic heterocycles. The summed E-state index contributed by atoms with van der Waals surface area (Å²) < 4.78 is 0. The van der Waals surface area contributed by atoms with Crippen molar-refractivity contribution in [1.82, 2.24) is 0 Å². The average Bonchev–Trinajstić information content (AvgIpc) is 2.16. The molecule has 1 rings (SSSR count). The van der Waals surface area contributed by atoms with Crippen molar-refractivity contribution in [3.05, 3.63) is 35.9 Å². The summed E-state index contributed by atoms with van der Waals surface area (Å²) in [5.41, 5.74) is 4.77. The van der Waals surface area contributed by atoms with Crippen LogP contribution in [0.5, 0.6) is 0 Å². The highest BCUT2D eigenvalue weighted by Gasteiger charge is 2.49. The Hall–Kier alpha value is -0.940. The van der Waals surface area contributed by atoms with Crippen LogP contribution in [0.2, 0.25) is 0 Å². The van der Waals surface area contributed by atoms with Crippen LogP contribution in [-0.4, -0.2) is 21.3 Å². The standard InChI is InChI=1S/C11H17NO3/c1-8(2)10(12,11(13,14)15)9-6-4-3-5-7-9/h3-8,13-15H,12H2,1-2H3. The molecule has 0 saturated carbocycles. The topological polar surface area (TPSA) is 86.7 Å². The van der Waals surface area contributed by atoms with Crippen molar-refractivity contribution >= 4 is 0 Å². The SMILES string of the molecule is CC(C)C(N)(c1ccccc1)C(O)(O)O. The van der Waals surface area contributed by atoms with Gasteiger partial charge in [-0.25, -0.2) is 0 Å². The van der Waals surface area contributed by atoms with Crippen molar-refractivity contribution in [2.75, 3.05) is 0 Å². The quantitative estimate of drug-likeness (QED) is 0.535. The molecular formula is C11H17NO3. The van der Waals surface area contributed by atoms with Gasteiger partial charge in [0.25, 0.3) is 5.97 Å². The lowest BCUT2D eigenvalue weighted by atomic mass is 9.78. The van der Waals surface area contributed by atoms with Gasteiger partial charge >= 0.3 is 0 Å². The van der Waals surface area contributed by atoms with Crippen molar-refractivity contribution in [1.29, 1.82) is 0 Å². The first kappa shape index (κ1) is 12.1. The Morgan fingerprint density at radius 2 is 1.53 bits per heavy atom. The van der Waals surface area contributed by atoms with Gasteiger partial charge in [-0.05, 0) is 11.5 Å². The van der Waals surface area contributed by atoms with Gasteiger partial charge in [0.1, 0.15) is 5.54 Å². The molecule has 0 bridgehead atoms. The lowest BCUT2D eigenvalue weighted by Crippen LogP contribution is -2.61. The fourth-order valence-corrected chi connectivity index (χ4v) is 1.63. The van der Waals surface area contributed by atoms with Crippen molar-refractivity contribution in [3.63, 3.8) is 0 Å². The summed E-state index contributed by atoms with van der Waals surface area (Å²) in [5, 5.41) is 28.0. The van der Waals surface area contributed by atoms with Crippen LogP contribution in [-0.2, 0) is 5.54 Å². The van der Waals surface area contributed by atoms with Crippen molar-refractivity contribution < 1.29 is 15.3 Å². The Balaban J connectivity index is 3.26. The second kappa shape index (κ2) is 3.90. The van der Waals surface area contributed by atoms with E-state index in [-0.39, 0.29) is 5.92 Å². The minimum Gasteiger partial charge on any atom is -0.342 e. The molecular weight excluding hydrogens is 194 g/mol. The Morgan fingerprint density at radius 1 is 1.07 bits per heavy atom. The maximum Gasteiger partial charge on any atom is 0.299 e. The Labute approximate surface area is 89.0 Å². The van der Waals surface area contributed by atoms with Gasteiger partial charge < -0.3 is 21.1 Å². The number of nitrogens with two attached hydrogens (primary N) is 1. The Morgan fingerprint density at radius 3 is 1.87 bits per heavy atom. The molecule has 0 spiro atoms. The van der Waals surface area contributed by atoms with Crippen LogP contribution >= 0.6 is 0 Å². The third kappa shape index (κ3) is 2.03. The summed E-state index contributed by atoms with van der Waals surface area (Å²) in [6.45, 7) is 3.43. The fourth-order valence-electron chi connectivity index (χ4n) is 1.63. The van der Waals surface area contributed by atoms with Crippen molar-refractivity contribution in [2.24, 2.45) is 11.7 Å². The summed E-state index contributed by atoms with van der Waals surface area (Å²) in [5.74, 6) is -3.28. The Kier molecular flexibility index (Phi) is 3.16. The maximum atomic E-state index is 9.35. The van der Waals surface area contributed by atoms with Gasteiger partial charge in [-0.1, -0.05) is 44.2 Å². The van der Waals surface area contributed by atoms with E-state index < -0.39 is 11.5 Å². The van der Waals surface area contributed by atoms with E-state index in [0.29, 0.717) is 5.56 Å². The van der Waals surface area contributed by atoms with Crippen LogP contribution in [0.15, 0.2) is 30.3 Å². The lowest BCUT2D eigenvalue weighted by molar-refractivity contribution is -0.359. The van der Waals surface area contributed by atoms with Crippen molar-refractivity contribution in [3.8, 4) is 0 Å². The van der Waals surface area contributed by atoms with Gasteiger partial charge in [-0.2, -0.15) is 0 Å². The smallest absolute Gasteiger partial charge is 0.299 e. The highest BCUT2D eigenvalue weighted by molar-refractivity contribution is 5.26. The normalized spacial score (nSPS) is 16.5. The molecule has 0 aliphatic carbocycles. The van der Waals surface area contributed by atoms with E-state index in [9.17, 15) is 15.3 Å². The number of aliphatic hydroxyl groups is 3. The second-order valence-electron chi connectivity index (χ2n) is 4.03. The third-order valence-corrected chi connectivity index (χ3v) is 2.72. The number of hydrogen-bond acceptors (Lipinski definition) is 4. The summed E-state index contributed by atoms with van der Waals surface area (Å²) >= 11 is 0. The molecule has 15 heavy (non-hydrogen) atoms. The highest BCUT2D eigenvalue weighted by atomic mass is 16.7. The molecule has 1 unspecified atom stereocenters. The first-order valence-electron chi connectivity index (χ1n) is 4.81. The molecule has 0 amide bonds. The monoisotopic (exact) mass is 211 g/mol. The molecule has 1 aromatic carbocycles. The number of benzene rings is 1. The van der Waals surface area contributed by atoms with Gasteiger partial charge in [-0.15, -0.1) is 0 Å². The molecule has 0 aromatic heterocycles. The van der Waals surface area contributed by atoms with Crippen LogP contribution in [0.4, 0.5) is 0 Å². The van der Waals surface area contributed by atoms with Crippen LogP contribution in [0.1, 0.15) is 19.4 Å². The summed E-state index contributed by atoms with van der Waals surface area (Å²) in [6, 6.07) is 8.54. The largest absolute Gasteiger partial charge is 0.342 e. The minimum atomic E-state index is -2.94. The maximum absolute atomic E-state index is 9.35. The van der Waals surface area contributed by atoms with Crippen LogP contribution < -0.4 is 5.73 Å². The van der Waals surface area contributed by atoms with Gasteiger partial charge in [0.2, 0.25) is 0 Å². The first-order chi connectivity index (χ1) is 6.80. The van der Waals surface area contributed by atoms with Crippen LogP contribution in [0.25, 0.3) is 0 Å². The third-order valence-electron chi connectivity index (χ3n) is 2.72. The fraction of sp³-hybridized carbons (Fsp3) is 0.455. The summed E-state index contributed by atoms with van der Waals surface area (Å²) in [7, 11) is 0. The molecule has 4 heteroatoms. The number of rotatable bonds is 3. The number of hydrogen-bond donors (Lipinski definition) is 4. The molecule has 84 valence electrons. The predicted molar refractivity (Wildman–Crippen MR) is 56.5 cm³/mol. The lowest BCUT2D eigenvalue weighted by Gasteiger charge is -2.40. The molecule has 0 radical (unpaired) electrons. The van der Waals surface area contributed by atoms with Crippen LogP contribution in [0, 0.1) is 5.92 Å². The van der Waals surface area contributed by atoms with E-state index in [2.05, 4.69) is 0 Å². The molecule has 4 nitrogen and oxygen atoms in total. The van der Waals surface area contributed by atoms with Crippen LogP contribution in [0.3, 0.4) is 0 Å².